The molecule has 2 heterocycles. The van der Waals surface area contributed by atoms with Crippen LogP contribution in [0.25, 0.3) is 0 Å². The van der Waals surface area contributed by atoms with Gasteiger partial charge in [-0.1, -0.05) is 29.8 Å². The van der Waals surface area contributed by atoms with Gasteiger partial charge < -0.3 is 16.0 Å². The standard InChI is InChI=1S/C24H23ClN6O/c1-3-11-26-15(2)23(32)30-21-10-9-19-13-17(21)8-7-16-5-4-6-18(12-16)29-24-27-14-20(25)22(28-19)31-24/h3-6,9-14H,7-8H2,1-2H3,(H,30,32)(H2,27,28,29,31)/b11-3-,26-15?. The topological polar surface area (TPSA) is 91.3 Å². The van der Waals surface area contributed by atoms with Gasteiger partial charge in [0.25, 0.3) is 5.91 Å². The minimum Gasteiger partial charge on any atom is -0.339 e. The molecule has 0 aliphatic carbocycles. The van der Waals surface area contributed by atoms with Crippen LogP contribution in [0, 0.1) is 0 Å². The fourth-order valence-corrected chi connectivity index (χ4v) is 3.46. The zero-order valence-corrected chi connectivity index (χ0v) is 18.6. The number of amides is 1. The summed E-state index contributed by atoms with van der Waals surface area (Å²) in [5.74, 6) is 0.711. The monoisotopic (exact) mass is 446 g/mol. The number of hydrogen-bond acceptors (Lipinski definition) is 6. The minimum atomic E-state index is -0.238. The predicted octanol–water partition coefficient (Wildman–Crippen LogP) is 5.65. The van der Waals surface area contributed by atoms with Gasteiger partial charge in [-0.2, -0.15) is 4.98 Å². The molecule has 1 aromatic heterocycles. The van der Waals surface area contributed by atoms with E-state index in [4.69, 9.17) is 11.6 Å². The molecule has 3 N–H and O–H groups in total. The van der Waals surface area contributed by atoms with E-state index in [9.17, 15) is 4.79 Å². The summed E-state index contributed by atoms with van der Waals surface area (Å²) in [6.45, 7) is 3.54. The molecule has 0 unspecified atom stereocenters. The molecule has 4 rings (SSSR count). The van der Waals surface area contributed by atoms with Gasteiger partial charge in [-0.15, -0.1) is 0 Å². The van der Waals surface area contributed by atoms with Crippen LogP contribution in [0.1, 0.15) is 25.0 Å². The van der Waals surface area contributed by atoms with Gasteiger partial charge in [0, 0.05) is 23.3 Å². The number of allylic oxidation sites excluding steroid dienone is 1. The van der Waals surface area contributed by atoms with Crippen LogP contribution in [0.3, 0.4) is 0 Å². The number of benzene rings is 2. The Morgan fingerprint density at radius 1 is 1.16 bits per heavy atom. The second-order valence-electron chi connectivity index (χ2n) is 7.36. The quantitative estimate of drug-likeness (QED) is 0.452. The van der Waals surface area contributed by atoms with Crippen LogP contribution in [0.5, 0.6) is 0 Å². The highest BCUT2D eigenvalue weighted by atomic mass is 35.5. The van der Waals surface area contributed by atoms with Gasteiger partial charge in [0.15, 0.2) is 5.82 Å². The molecular weight excluding hydrogens is 424 g/mol. The smallest absolute Gasteiger partial charge is 0.269 e. The van der Waals surface area contributed by atoms with Gasteiger partial charge in [0.1, 0.15) is 10.7 Å². The molecule has 1 amide bonds. The maximum Gasteiger partial charge on any atom is 0.269 e. The highest BCUT2D eigenvalue weighted by Gasteiger charge is 2.13. The van der Waals surface area contributed by atoms with Crippen molar-refractivity contribution in [2.75, 3.05) is 16.0 Å². The molecule has 1 aliphatic rings. The Balaban J connectivity index is 1.72. The SMILES string of the molecule is C/C=C\N=C(C)C(=O)Nc1ccc2cc1CCc1cccc(c1)Nc1ncc(Cl)c(n1)N2. The predicted molar refractivity (Wildman–Crippen MR) is 130 cm³/mol. The third kappa shape index (κ3) is 5.12. The number of anilines is 5. The summed E-state index contributed by atoms with van der Waals surface area (Å²) in [6, 6.07) is 13.9. The summed E-state index contributed by atoms with van der Waals surface area (Å²) in [7, 11) is 0. The summed E-state index contributed by atoms with van der Waals surface area (Å²) in [4.78, 5) is 25.5. The van der Waals surface area contributed by atoms with Crippen LogP contribution in [0.4, 0.5) is 28.8 Å². The molecule has 3 aromatic rings. The van der Waals surface area contributed by atoms with Crippen molar-refractivity contribution in [3.05, 3.63) is 77.1 Å². The highest BCUT2D eigenvalue weighted by molar-refractivity contribution is 6.42. The first-order valence-electron chi connectivity index (χ1n) is 10.3. The van der Waals surface area contributed by atoms with Gasteiger partial charge in [0.2, 0.25) is 5.95 Å². The number of aliphatic imine (C=N–C) groups is 1. The summed E-state index contributed by atoms with van der Waals surface area (Å²) >= 11 is 6.32. The number of hydrogen-bond donors (Lipinski definition) is 3. The molecular formula is C24H23ClN6O. The highest BCUT2D eigenvalue weighted by Crippen LogP contribution is 2.29. The lowest BCUT2D eigenvalue weighted by molar-refractivity contribution is -0.110. The lowest BCUT2D eigenvalue weighted by Crippen LogP contribution is -2.21. The molecule has 162 valence electrons. The molecule has 1 aliphatic heterocycles. The van der Waals surface area contributed by atoms with Crippen LogP contribution in [0.15, 0.2) is 65.9 Å². The number of nitrogens with one attached hydrogen (secondary N) is 3. The molecule has 8 heteroatoms. The van der Waals surface area contributed by atoms with E-state index in [0.717, 1.165) is 41.0 Å². The Hall–Kier alpha value is -3.71. The molecule has 2 aromatic carbocycles. The number of nitrogens with zero attached hydrogens (tertiary/aromatic N) is 3. The second kappa shape index (κ2) is 9.62. The van der Waals surface area contributed by atoms with Gasteiger partial charge in [-0.25, -0.2) is 4.98 Å². The maximum absolute atomic E-state index is 12.6. The van der Waals surface area contributed by atoms with Gasteiger partial charge >= 0.3 is 0 Å². The third-order valence-electron chi connectivity index (χ3n) is 4.97. The van der Waals surface area contributed by atoms with Crippen molar-refractivity contribution in [1.82, 2.24) is 9.97 Å². The van der Waals surface area contributed by atoms with E-state index in [0.29, 0.717) is 22.5 Å². The van der Waals surface area contributed by atoms with Crippen molar-refractivity contribution in [1.29, 1.82) is 0 Å². The average Bonchev–Trinajstić information content (AvgIpc) is 2.79. The minimum absolute atomic E-state index is 0.238. The Kier molecular flexibility index (Phi) is 6.47. The molecule has 6 bridgehead atoms. The van der Waals surface area contributed by atoms with E-state index >= 15 is 0 Å². The lowest BCUT2D eigenvalue weighted by atomic mass is 10.0. The number of fused-ring (bicyclic) bond motifs is 6. The van der Waals surface area contributed by atoms with Gasteiger partial charge in [-0.05, 0) is 68.1 Å². The number of halogens is 1. The van der Waals surface area contributed by atoms with Gasteiger partial charge in [0.05, 0.1) is 6.20 Å². The first-order valence-corrected chi connectivity index (χ1v) is 10.6. The molecule has 0 saturated carbocycles. The summed E-state index contributed by atoms with van der Waals surface area (Å²) < 4.78 is 0. The Morgan fingerprint density at radius 3 is 2.84 bits per heavy atom. The van der Waals surface area contributed by atoms with E-state index in [2.05, 4.69) is 43.0 Å². The van der Waals surface area contributed by atoms with E-state index in [-0.39, 0.29) is 5.91 Å². The number of rotatable bonds is 3. The van der Waals surface area contributed by atoms with Crippen molar-refractivity contribution in [3.8, 4) is 0 Å². The number of carbonyl (C=O) groups is 1. The molecule has 0 saturated heterocycles. The van der Waals surface area contributed by atoms with Crippen LogP contribution < -0.4 is 16.0 Å². The number of aromatic nitrogens is 2. The van der Waals surface area contributed by atoms with E-state index in [1.807, 2.05) is 37.3 Å². The Morgan fingerprint density at radius 2 is 2.00 bits per heavy atom. The third-order valence-corrected chi connectivity index (χ3v) is 5.25. The van der Waals surface area contributed by atoms with Crippen molar-refractivity contribution >= 4 is 52.0 Å². The second-order valence-corrected chi connectivity index (χ2v) is 7.77. The first-order chi connectivity index (χ1) is 15.5. The van der Waals surface area contributed by atoms with Crippen LogP contribution in [-0.2, 0) is 17.6 Å². The Labute approximate surface area is 191 Å². The maximum atomic E-state index is 12.6. The average molecular weight is 447 g/mol. The molecule has 0 atom stereocenters. The normalized spacial score (nSPS) is 13.3. The molecule has 0 fully saturated rings. The summed E-state index contributed by atoms with van der Waals surface area (Å²) in [5.41, 5.74) is 4.99. The molecule has 0 radical (unpaired) electrons. The van der Waals surface area contributed by atoms with Gasteiger partial charge in [-0.3, -0.25) is 9.79 Å². The van der Waals surface area contributed by atoms with Crippen molar-refractivity contribution < 1.29 is 4.79 Å². The van der Waals surface area contributed by atoms with Crippen molar-refractivity contribution in [3.63, 3.8) is 0 Å². The fraction of sp³-hybridized carbons (Fsp3) is 0.167. The summed E-state index contributed by atoms with van der Waals surface area (Å²) in [6.07, 6.45) is 6.47. The number of carbonyl (C=O) groups excluding carboxylic acids is 1. The summed E-state index contributed by atoms with van der Waals surface area (Å²) in [5, 5.41) is 9.88. The Bertz CT molecular complexity index is 1220. The van der Waals surface area contributed by atoms with E-state index < -0.39 is 0 Å². The molecule has 7 nitrogen and oxygen atoms in total. The zero-order valence-electron chi connectivity index (χ0n) is 17.8. The molecule has 32 heavy (non-hydrogen) atoms. The van der Waals surface area contributed by atoms with Crippen LogP contribution >= 0.6 is 11.6 Å². The van der Waals surface area contributed by atoms with Crippen LogP contribution in [0.2, 0.25) is 5.02 Å². The first kappa shape index (κ1) is 21.5. The zero-order chi connectivity index (χ0) is 22.5. The van der Waals surface area contributed by atoms with Crippen molar-refractivity contribution in [2.24, 2.45) is 4.99 Å². The largest absolute Gasteiger partial charge is 0.339 e. The van der Waals surface area contributed by atoms with E-state index in [1.165, 1.54) is 0 Å². The van der Waals surface area contributed by atoms with Crippen molar-refractivity contribution in [2.45, 2.75) is 26.7 Å². The lowest BCUT2D eigenvalue weighted by Gasteiger charge is -2.14. The number of aryl methyl sites for hydroxylation is 2. The fourth-order valence-electron chi connectivity index (χ4n) is 3.32. The van der Waals surface area contributed by atoms with Crippen LogP contribution in [-0.4, -0.2) is 21.6 Å². The van der Waals surface area contributed by atoms with E-state index in [1.54, 1.807) is 25.4 Å². The molecule has 0 spiro atoms.